The molecule has 0 unspecified atom stereocenters. The summed E-state index contributed by atoms with van der Waals surface area (Å²) >= 11 is 6.19. The fraction of sp³-hybridized carbons (Fsp3) is 0.533. The van der Waals surface area contributed by atoms with Crippen LogP contribution in [0, 0.1) is 0 Å². The first-order valence-electron chi connectivity index (χ1n) is 7.07. The van der Waals surface area contributed by atoms with Crippen LogP contribution >= 0.6 is 11.6 Å². The maximum Gasteiger partial charge on any atom is 0.255 e. The molecular formula is C15H24ClN3O3. The first kappa shape index (κ1) is 18.5. The zero-order chi connectivity index (χ0) is 16.5. The lowest BCUT2D eigenvalue weighted by Crippen LogP contribution is -2.21. The Morgan fingerprint density at radius 3 is 2.73 bits per heavy atom. The van der Waals surface area contributed by atoms with Gasteiger partial charge in [0.05, 0.1) is 12.1 Å². The molecule has 6 nitrogen and oxygen atoms in total. The van der Waals surface area contributed by atoms with E-state index in [4.69, 9.17) is 26.8 Å². The van der Waals surface area contributed by atoms with Gasteiger partial charge in [0.1, 0.15) is 0 Å². The lowest BCUT2D eigenvalue weighted by atomic mass is 10.2. The van der Waals surface area contributed by atoms with Crippen LogP contribution in [-0.2, 0) is 11.3 Å². The summed E-state index contributed by atoms with van der Waals surface area (Å²) in [6.45, 7) is 2.40. The number of nitrogens with zero attached hydrogens (tertiary/aromatic N) is 1. The van der Waals surface area contributed by atoms with E-state index >= 15 is 0 Å². The third kappa shape index (κ3) is 6.51. The normalized spacial score (nSPS) is 10.8. The van der Waals surface area contributed by atoms with E-state index in [1.54, 1.807) is 6.07 Å². The zero-order valence-electron chi connectivity index (χ0n) is 13.3. The van der Waals surface area contributed by atoms with Crippen LogP contribution in [0.2, 0.25) is 5.02 Å². The molecule has 0 radical (unpaired) electrons. The van der Waals surface area contributed by atoms with Crippen molar-refractivity contribution in [3.05, 3.63) is 22.7 Å². The van der Waals surface area contributed by atoms with Crippen molar-refractivity contribution in [2.75, 3.05) is 40.9 Å². The van der Waals surface area contributed by atoms with E-state index in [2.05, 4.69) is 24.3 Å². The van der Waals surface area contributed by atoms with Crippen LogP contribution in [0.4, 0.5) is 0 Å². The van der Waals surface area contributed by atoms with Crippen LogP contribution in [0.15, 0.2) is 12.1 Å². The number of nitrogens with two attached hydrogens (primary N) is 1. The van der Waals surface area contributed by atoms with Gasteiger partial charge in [-0.2, -0.15) is 0 Å². The highest BCUT2D eigenvalue weighted by Gasteiger charge is 2.13. The van der Waals surface area contributed by atoms with Gasteiger partial charge in [0.2, 0.25) is 0 Å². The first-order chi connectivity index (χ1) is 10.4. The van der Waals surface area contributed by atoms with E-state index in [1.807, 2.05) is 6.07 Å². The Bertz CT molecular complexity index is 495. The van der Waals surface area contributed by atoms with E-state index in [0.717, 1.165) is 25.1 Å². The molecule has 0 spiro atoms. The van der Waals surface area contributed by atoms with Crippen LogP contribution in [0.25, 0.3) is 0 Å². The summed E-state index contributed by atoms with van der Waals surface area (Å²) in [5.41, 5.74) is 6.05. The van der Waals surface area contributed by atoms with Crippen molar-refractivity contribution in [1.29, 1.82) is 0 Å². The van der Waals surface area contributed by atoms with Crippen LogP contribution in [0.5, 0.6) is 11.5 Å². The van der Waals surface area contributed by atoms with Crippen LogP contribution < -0.4 is 20.5 Å². The van der Waals surface area contributed by atoms with Crippen molar-refractivity contribution < 1.29 is 14.3 Å². The molecule has 1 aromatic carbocycles. The SMILES string of the molecule is COc1cc(CNCCCN(C)C)cc(Cl)c1OCC(N)=O. The van der Waals surface area contributed by atoms with Gasteiger partial charge in [-0.3, -0.25) is 4.79 Å². The van der Waals surface area contributed by atoms with Gasteiger partial charge in [-0.05, 0) is 51.3 Å². The third-order valence-electron chi connectivity index (χ3n) is 2.94. The number of carbonyl (C=O) groups excluding carboxylic acids is 1. The predicted molar refractivity (Wildman–Crippen MR) is 87.6 cm³/mol. The highest BCUT2D eigenvalue weighted by atomic mass is 35.5. The summed E-state index contributed by atoms with van der Waals surface area (Å²) in [4.78, 5) is 12.9. The van der Waals surface area contributed by atoms with E-state index in [-0.39, 0.29) is 6.61 Å². The Morgan fingerprint density at radius 1 is 1.41 bits per heavy atom. The number of hydrogen-bond donors (Lipinski definition) is 2. The molecule has 0 saturated carbocycles. The summed E-state index contributed by atoms with van der Waals surface area (Å²) in [6, 6.07) is 3.63. The minimum atomic E-state index is -0.565. The molecule has 1 amide bonds. The number of amides is 1. The highest BCUT2D eigenvalue weighted by Crippen LogP contribution is 2.36. The molecule has 22 heavy (non-hydrogen) atoms. The standard InChI is InChI=1S/C15H24ClN3O3/c1-19(2)6-4-5-18-9-11-7-12(16)15(13(8-11)21-3)22-10-14(17)20/h7-8,18H,4-6,9-10H2,1-3H3,(H2,17,20). The van der Waals surface area contributed by atoms with Gasteiger partial charge >= 0.3 is 0 Å². The summed E-state index contributed by atoms with van der Waals surface area (Å²) in [7, 11) is 5.63. The molecule has 1 aromatic rings. The molecular weight excluding hydrogens is 306 g/mol. The second-order valence-electron chi connectivity index (χ2n) is 5.20. The van der Waals surface area contributed by atoms with Gasteiger partial charge in [-0.25, -0.2) is 0 Å². The summed E-state index contributed by atoms with van der Waals surface area (Å²) in [5.74, 6) is 0.253. The van der Waals surface area contributed by atoms with Crippen molar-refractivity contribution in [2.24, 2.45) is 5.73 Å². The number of primary amides is 1. The Morgan fingerprint density at radius 2 is 2.14 bits per heavy atom. The number of methoxy groups -OCH3 is 1. The number of rotatable bonds is 10. The molecule has 124 valence electrons. The number of benzene rings is 1. The molecule has 0 fully saturated rings. The van der Waals surface area contributed by atoms with Gasteiger partial charge in [-0.15, -0.1) is 0 Å². The minimum Gasteiger partial charge on any atom is -0.493 e. The fourth-order valence-corrected chi connectivity index (χ4v) is 2.20. The monoisotopic (exact) mass is 329 g/mol. The van der Waals surface area contributed by atoms with Gasteiger partial charge < -0.3 is 25.4 Å². The molecule has 1 rings (SSSR count). The van der Waals surface area contributed by atoms with Gasteiger partial charge in [-0.1, -0.05) is 11.6 Å². The lowest BCUT2D eigenvalue weighted by Gasteiger charge is -2.14. The Labute approximate surface area is 136 Å². The fourth-order valence-electron chi connectivity index (χ4n) is 1.91. The smallest absolute Gasteiger partial charge is 0.255 e. The molecule has 0 aliphatic carbocycles. The van der Waals surface area contributed by atoms with Gasteiger partial charge in [0.15, 0.2) is 18.1 Å². The van der Waals surface area contributed by atoms with Crippen molar-refractivity contribution in [2.45, 2.75) is 13.0 Å². The summed E-state index contributed by atoms with van der Waals surface area (Å²) < 4.78 is 10.5. The Kier molecular flexibility index (Phi) is 8.01. The predicted octanol–water partition coefficient (Wildman–Crippen LogP) is 1.25. The van der Waals surface area contributed by atoms with Gasteiger partial charge in [0, 0.05) is 6.54 Å². The number of ether oxygens (including phenoxy) is 2. The van der Waals surface area contributed by atoms with Crippen molar-refractivity contribution >= 4 is 17.5 Å². The minimum absolute atomic E-state index is 0.238. The average Bonchev–Trinajstić information content (AvgIpc) is 2.44. The molecule has 0 aliphatic heterocycles. The molecule has 0 heterocycles. The number of hydrogen-bond acceptors (Lipinski definition) is 5. The van der Waals surface area contributed by atoms with Crippen LogP contribution in [0.1, 0.15) is 12.0 Å². The van der Waals surface area contributed by atoms with Gasteiger partial charge in [0.25, 0.3) is 5.91 Å². The zero-order valence-corrected chi connectivity index (χ0v) is 14.1. The Balaban J connectivity index is 2.62. The number of halogens is 1. The second kappa shape index (κ2) is 9.50. The van der Waals surface area contributed by atoms with Crippen LogP contribution in [0.3, 0.4) is 0 Å². The summed E-state index contributed by atoms with van der Waals surface area (Å²) in [5, 5.41) is 3.74. The lowest BCUT2D eigenvalue weighted by molar-refractivity contribution is -0.119. The molecule has 3 N–H and O–H groups in total. The molecule has 0 atom stereocenters. The maximum absolute atomic E-state index is 10.8. The average molecular weight is 330 g/mol. The molecule has 7 heteroatoms. The molecule has 0 aromatic heterocycles. The highest BCUT2D eigenvalue weighted by molar-refractivity contribution is 6.32. The van der Waals surface area contributed by atoms with E-state index in [9.17, 15) is 4.79 Å². The van der Waals surface area contributed by atoms with E-state index in [0.29, 0.717) is 23.1 Å². The number of nitrogens with one attached hydrogen (secondary N) is 1. The third-order valence-corrected chi connectivity index (χ3v) is 3.22. The first-order valence-corrected chi connectivity index (χ1v) is 7.44. The topological polar surface area (TPSA) is 76.8 Å². The molecule has 0 saturated heterocycles. The number of carbonyl (C=O) groups is 1. The van der Waals surface area contributed by atoms with Crippen molar-refractivity contribution in [1.82, 2.24) is 10.2 Å². The maximum atomic E-state index is 10.8. The summed E-state index contributed by atoms with van der Waals surface area (Å²) in [6.07, 6.45) is 1.07. The molecule has 0 bridgehead atoms. The molecule has 0 aliphatic rings. The largest absolute Gasteiger partial charge is 0.493 e. The quantitative estimate of drug-likeness (QED) is 0.632. The van der Waals surface area contributed by atoms with E-state index in [1.165, 1.54) is 7.11 Å². The Hall–Kier alpha value is -1.50. The van der Waals surface area contributed by atoms with Crippen LogP contribution in [-0.4, -0.2) is 51.7 Å². The van der Waals surface area contributed by atoms with E-state index < -0.39 is 5.91 Å². The second-order valence-corrected chi connectivity index (χ2v) is 5.60. The van der Waals surface area contributed by atoms with Crippen molar-refractivity contribution in [3.63, 3.8) is 0 Å². The van der Waals surface area contributed by atoms with Crippen molar-refractivity contribution in [3.8, 4) is 11.5 Å².